The van der Waals surface area contributed by atoms with Crippen LogP contribution >= 0.6 is 0 Å². The molecule has 3 aromatic rings. The maximum Gasteiger partial charge on any atom is 0.414 e. The number of amides is 1. The predicted molar refractivity (Wildman–Crippen MR) is 112 cm³/mol. The van der Waals surface area contributed by atoms with Gasteiger partial charge in [0.1, 0.15) is 12.3 Å². The lowest BCUT2D eigenvalue weighted by Gasteiger charge is -2.28. The number of anilines is 1. The van der Waals surface area contributed by atoms with E-state index in [9.17, 15) is 9.18 Å². The van der Waals surface area contributed by atoms with E-state index in [1.165, 1.54) is 35.8 Å². The fourth-order valence-corrected chi connectivity index (χ4v) is 3.36. The monoisotopic (exact) mass is 421 g/mol. The van der Waals surface area contributed by atoms with Crippen molar-refractivity contribution in [1.82, 2.24) is 20.3 Å². The second-order valence-corrected chi connectivity index (χ2v) is 6.96. The third-order valence-corrected chi connectivity index (χ3v) is 4.89. The van der Waals surface area contributed by atoms with Crippen LogP contribution in [-0.2, 0) is 24.3 Å². The highest BCUT2D eigenvalue weighted by Crippen LogP contribution is 2.25. The Morgan fingerprint density at radius 3 is 2.68 bits per heavy atom. The van der Waals surface area contributed by atoms with Crippen LogP contribution in [0.4, 0.5) is 15.1 Å². The molecule has 4 rings (SSSR count). The second-order valence-electron chi connectivity index (χ2n) is 6.96. The van der Waals surface area contributed by atoms with Crippen molar-refractivity contribution < 1.29 is 13.9 Å². The minimum Gasteiger partial charge on any atom is -0.444 e. The molecule has 0 bridgehead atoms. The minimum absolute atomic E-state index is 0.0589. The van der Waals surface area contributed by atoms with Crippen LogP contribution in [0.2, 0.25) is 0 Å². The van der Waals surface area contributed by atoms with Crippen molar-refractivity contribution in [3.8, 4) is 11.3 Å². The molecule has 4 N–H and O–H groups in total. The fourth-order valence-electron chi connectivity index (χ4n) is 3.36. The number of rotatable bonds is 4. The molecule has 0 radical (unpaired) electrons. The molecule has 0 unspecified atom stereocenters. The summed E-state index contributed by atoms with van der Waals surface area (Å²) in [7, 11) is 0. The number of benzene rings is 1. The third-order valence-electron chi connectivity index (χ3n) is 4.89. The van der Waals surface area contributed by atoms with Crippen LogP contribution in [0.3, 0.4) is 0 Å². The Morgan fingerprint density at radius 2 is 1.94 bits per heavy atom. The van der Waals surface area contributed by atoms with Gasteiger partial charge >= 0.3 is 6.09 Å². The zero-order chi connectivity index (χ0) is 21.8. The van der Waals surface area contributed by atoms with Crippen molar-refractivity contribution in [3.63, 3.8) is 0 Å². The summed E-state index contributed by atoms with van der Waals surface area (Å²) in [4.78, 5) is 26.4. The molecular formula is C21H20FN7O2. The molecule has 1 aliphatic heterocycles. The fraction of sp³-hybridized carbons (Fsp3) is 0.190. The molecule has 1 aliphatic rings. The lowest BCUT2D eigenvalue weighted by Crippen LogP contribution is -2.36. The van der Waals surface area contributed by atoms with Crippen molar-refractivity contribution >= 4 is 18.0 Å². The summed E-state index contributed by atoms with van der Waals surface area (Å²) < 4.78 is 19.7. The number of fused-ring (bicyclic) bond motifs is 1. The highest BCUT2D eigenvalue weighted by molar-refractivity contribution is 5.90. The quantitative estimate of drug-likeness (QED) is 0.435. The zero-order valence-corrected chi connectivity index (χ0v) is 16.5. The standard InChI is InChI=1S/C21H20FN7O2/c22-17-15(12-31-21(30)28-19(23)24)5-7-25-18(17)16-9-26-20(27-10-16)29-8-6-13-3-1-2-4-14(13)11-29/h1-5,7,9-10H,6,8,11-12H2,(H4,23,24,28,30). The smallest absolute Gasteiger partial charge is 0.414 e. The summed E-state index contributed by atoms with van der Waals surface area (Å²) in [5, 5.41) is 8.95. The molecule has 158 valence electrons. The van der Waals surface area contributed by atoms with E-state index in [1.807, 2.05) is 17.4 Å². The molecule has 0 atom stereocenters. The number of carbonyl (C=O) groups is 1. The van der Waals surface area contributed by atoms with Crippen molar-refractivity contribution in [2.75, 3.05) is 11.4 Å². The molecule has 0 aliphatic carbocycles. The first kappa shape index (κ1) is 20.2. The molecule has 3 heterocycles. The van der Waals surface area contributed by atoms with E-state index < -0.39 is 17.9 Å². The Kier molecular flexibility index (Phi) is 5.69. The van der Waals surface area contributed by atoms with Crippen LogP contribution in [0.1, 0.15) is 16.7 Å². The number of pyridine rings is 1. The van der Waals surface area contributed by atoms with Gasteiger partial charge in [-0.15, -0.1) is 0 Å². The van der Waals surface area contributed by atoms with Gasteiger partial charge in [-0.3, -0.25) is 15.7 Å². The summed E-state index contributed by atoms with van der Waals surface area (Å²) in [6, 6.07) is 9.68. The highest BCUT2D eigenvalue weighted by Gasteiger charge is 2.19. The minimum atomic E-state index is -0.943. The van der Waals surface area contributed by atoms with Crippen LogP contribution in [0.15, 0.2) is 48.9 Å². The molecule has 31 heavy (non-hydrogen) atoms. The SMILES string of the molecule is N=C(N)NC(=O)OCc1ccnc(-c2cnc(N3CCc4ccccc4C3)nc2)c1F. The molecule has 1 amide bonds. The maximum absolute atomic E-state index is 14.9. The van der Waals surface area contributed by atoms with E-state index in [2.05, 4.69) is 32.0 Å². The molecule has 0 saturated heterocycles. The van der Waals surface area contributed by atoms with E-state index in [0.29, 0.717) is 11.5 Å². The van der Waals surface area contributed by atoms with E-state index >= 15 is 0 Å². The zero-order valence-electron chi connectivity index (χ0n) is 16.5. The Labute approximate surface area is 177 Å². The summed E-state index contributed by atoms with van der Waals surface area (Å²) >= 11 is 0. The second kappa shape index (κ2) is 8.74. The summed E-state index contributed by atoms with van der Waals surface area (Å²) in [6.07, 6.45) is 4.44. The maximum atomic E-state index is 14.9. The number of ether oxygens (including phenoxy) is 1. The number of nitrogens with zero attached hydrogens (tertiary/aromatic N) is 4. The van der Waals surface area contributed by atoms with Crippen LogP contribution in [0, 0.1) is 11.2 Å². The van der Waals surface area contributed by atoms with Crippen molar-refractivity contribution in [2.45, 2.75) is 19.6 Å². The Bertz CT molecular complexity index is 1120. The lowest BCUT2D eigenvalue weighted by atomic mass is 10.0. The number of hydrogen-bond donors (Lipinski definition) is 3. The van der Waals surface area contributed by atoms with Gasteiger partial charge in [-0.2, -0.15) is 0 Å². The average Bonchev–Trinajstić information content (AvgIpc) is 2.78. The van der Waals surface area contributed by atoms with Crippen molar-refractivity contribution in [2.24, 2.45) is 5.73 Å². The number of alkyl carbamates (subject to hydrolysis) is 1. The van der Waals surface area contributed by atoms with Gasteiger partial charge < -0.3 is 15.4 Å². The number of nitrogens with two attached hydrogens (primary N) is 1. The van der Waals surface area contributed by atoms with E-state index in [-0.39, 0.29) is 17.9 Å². The molecule has 2 aromatic heterocycles. The molecule has 0 saturated carbocycles. The number of nitrogens with one attached hydrogen (secondary N) is 2. The van der Waals surface area contributed by atoms with Crippen molar-refractivity contribution in [1.29, 1.82) is 5.41 Å². The van der Waals surface area contributed by atoms with Gasteiger partial charge in [0.15, 0.2) is 11.8 Å². The Balaban J connectivity index is 1.48. The molecule has 0 fully saturated rings. The molecule has 10 heteroatoms. The van der Waals surface area contributed by atoms with Crippen LogP contribution in [0.5, 0.6) is 0 Å². The molecule has 1 aromatic carbocycles. The number of carbonyl (C=O) groups excluding carboxylic acids is 1. The molecule has 0 spiro atoms. The van der Waals surface area contributed by atoms with Gasteiger partial charge in [-0.1, -0.05) is 24.3 Å². The van der Waals surface area contributed by atoms with E-state index in [0.717, 1.165) is 19.5 Å². The van der Waals surface area contributed by atoms with Crippen LogP contribution in [0.25, 0.3) is 11.3 Å². The molecular weight excluding hydrogens is 401 g/mol. The largest absolute Gasteiger partial charge is 0.444 e. The van der Waals surface area contributed by atoms with Gasteiger partial charge in [-0.25, -0.2) is 19.2 Å². The number of hydrogen-bond acceptors (Lipinski definition) is 7. The normalized spacial score (nSPS) is 12.7. The first-order valence-electron chi connectivity index (χ1n) is 9.56. The van der Waals surface area contributed by atoms with Gasteiger partial charge in [0, 0.05) is 42.8 Å². The van der Waals surface area contributed by atoms with Gasteiger partial charge in [-0.05, 0) is 23.6 Å². The first-order valence-corrected chi connectivity index (χ1v) is 9.56. The lowest BCUT2D eigenvalue weighted by molar-refractivity contribution is 0.143. The van der Waals surface area contributed by atoms with E-state index in [1.54, 1.807) is 0 Å². The topological polar surface area (TPSA) is 130 Å². The van der Waals surface area contributed by atoms with Crippen molar-refractivity contribution in [3.05, 3.63) is 71.4 Å². The highest BCUT2D eigenvalue weighted by atomic mass is 19.1. The molecule has 9 nitrogen and oxygen atoms in total. The summed E-state index contributed by atoms with van der Waals surface area (Å²) in [5.74, 6) is -0.629. The van der Waals surface area contributed by atoms with Gasteiger partial charge in [0.25, 0.3) is 0 Å². The van der Waals surface area contributed by atoms with Gasteiger partial charge in [0.2, 0.25) is 5.95 Å². The summed E-state index contributed by atoms with van der Waals surface area (Å²) in [6.45, 7) is 1.18. The number of halogens is 1. The van der Waals surface area contributed by atoms with Crippen LogP contribution in [-0.4, -0.2) is 33.5 Å². The van der Waals surface area contributed by atoms with Gasteiger partial charge in [0.05, 0.1) is 0 Å². The van der Waals surface area contributed by atoms with E-state index in [4.69, 9.17) is 15.9 Å². The number of aromatic nitrogens is 3. The average molecular weight is 421 g/mol. The Morgan fingerprint density at radius 1 is 1.19 bits per heavy atom. The Hall–Kier alpha value is -4.08. The third kappa shape index (κ3) is 4.58. The van der Waals surface area contributed by atoms with Crippen LogP contribution < -0.4 is 16.0 Å². The number of guanidine groups is 1. The first-order chi connectivity index (χ1) is 15.0. The summed E-state index contributed by atoms with van der Waals surface area (Å²) in [5.41, 5.74) is 8.22. The predicted octanol–water partition coefficient (Wildman–Crippen LogP) is 2.36.